The number of ether oxygens (including phenoxy) is 4. The van der Waals surface area contributed by atoms with Crippen molar-refractivity contribution in [3.8, 4) is 11.5 Å². The fourth-order valence-electron chi connectivity index (χ4n) is 6.96. The van der Waals surface area contributed by atoms with Crippen LogP contribution in [0.25, 0.3) is 0 Å². The van der Waals surface area contributed by atoms with Crippen molar-refractivity contribution in [3.05, 3.63) is 23.3 Å². The van der Waals surface area contributed by atoms with Crippen molar-refractivity contribution >= 4 is 0 Å². The molecule has 2 aliphatic carbocycles. The standard InChI is InChI=1S/C22H29NO5/c1-13-6-11-26-22(28-13)8-7-21(24)16-12-14-4-5-15(25-3)18-17(14)20(21,19(22)27-18)9-10-23(16)2/h4-5,13,16,19,24H,6-12H2,1-3H3/t13-,16+,19+,20-,21?,22+/m0/s1. The lowest BCUT2D eigenvalue weighted by Gasteiger charge is -2.65. The molecule has 3 aliphatic heterocycles. The molecule has 6 atom stereocenters. The molecule has 152 valence electrons. The Kier molecular flexibility index (Phi) is 3.39. The molecule has 1 N–H and O–H groups in total. The molecule has 1 unspecified atom stereocenters. The molecule has 6 nitrogen and oxygen atoms in total. The van der Waals surface area contributed by atoms with Gasteiger partial charge in [0.25, 0.3) is 0 Å². The van der Waals surface area contributed by atoms with Crippen LogP contribution in [-0.4, -0.2) is 67.0 Å². The zero-order valence-electron chi connectivity index (χ0n) is 16.9. The molecule has 3 fully saturated rings. The van der Waals surface area contributed by atoms with Gasteiger partial charge in [0.15, 0.2) is 17.6 Å². The van der Waals surface area contributed by atoms with Gasteiger partial charge in [0.05, 0.1) is 30.8 Å². The Morgan fingerprint density at radius 1 is 1.25 bits per heavy atom. The summed E-state index contributed by atoms with van der Waals surface area (Å²) in [5.74, 6) is 0.725. The van der Waals surface area contributed by atoms with E-state index in [1.54, 1.807) is 7.11 Å². The maximum atomic E-state index is 12.3. The molecule has 6 rings (SSSR count). The first-order valence-electron chi connectivity index (χ1n) is 10.6. The van der Waals surface area contributed by atoms with E-state index < -0.39 is 16.8 Å². The van der Waals surface area contributed by atoms with Gasteiger partial charge in [0.1, 0.15) is 0 Å². The Balaban J connectivity index is 1.62. The molecule has 2 saturated heterocycles. The molecule has 5 aliphatic rings. The van der Waals surface area contributed by atoms with Gasteiger partial charge in [-0.25, -0.2) is 0 Å². The molecule has 1 aromatic rings. The third-order valence-corrected chi connectivity index (χ3v) is 8.21. The van der Waals surface area contributed by atoms with Crippen molar-refractivity contribution in [2.75, 3.05) is 27.3 Å². The molecule has 28 heavy (non-hydrogen) atoms. The van der Waals surface area contributed by atoms with E-state index in [9.17, 15) is 5.11 Å². The molecular weight excluding hydrogens is 358 g/mol. The summed E-state index contributed by atoms with van der Waals surface area (Å²) in [6.45, 7) is 3.70. The highest BCUT2D eigenvalue weighted by molar-refractivity contribution is 5.63. The van der Waals surface area contributed by atoms with Crippen molar-refractivity contribution in [2.24, 2.45) is 0 Å². The van der Waals surface area contributed by atoms with Gasteiger partial charge in [-0.05, 0) is 57.8 Å². The molecule has 3 heterocycles. The van der Waals surface area contributed by atoms with E-state index in [1.807, 2.05) is 6.07 Å². The minimum atomic E-state index is -0.853. The molecule has 0 radical (unpaired) electrons. The minimum absolute atomic E-state index is 0.0811. The zero-order valence-corrected chi connectivity index (χ0v) is 16.9. The largest absolute Gasteiger partial charge is 0.493 e. The second-order valence-corrected chi connectivity index (χ2v) is 9.35. The van der Waals surface area contributed by atoms with Crippen LogP contribution in [0.1, 0.15) is 43.7 Å². The summed E-state index contributed by atoms with van der Waals surface area (Å²) in [6, 6.07) is 4.24. The van der Waals surface area contributed by atoms with E-state index in [1.165, 1.54) is 5.56 Å². The van der Waals surface area contributed by atoms with Crippen LogP contribution < -0.4 is 9.47 Å². The van der Waals surface area contributed by atoms with Crippen molar-refractivity contribution in [2.45, 2.75) is 74.1 Å². The van der Waals surface area contributed by atoms with Gasteiger partial charge in [0.2, 0.25) is 5.79 Å². The summed E-state index contributed by atoms with van der Waals surface area (Å²) < 4.78 is 25.2. The van der Waals surface area contributed by atoms with E-state index in [0.717, 1.165) is 42.9 Å². The lowest BCUT2D eigenvalue weighted by molar-refractivity contribution is -0.364. The van der Waals surface area contributed by atoms with Crippen LogP contribution in [0.5, 0.6) is 11.5 Å². The SMILES string of the molecule is COc1ccc2c3c1O[C@H]1[C@]4(CCC5(O)[C@@H](C2)N(C)CC[C@]315)OCC[C@H](C)O4. The first-order chi connectivity index (χ1) is 13.5. The molecule has 6 heteroatoms. The number of likely N-dealkylation sites (tertiary alicyclic amines) is 1. The second-order valence-electron chi connectivity index (χ2n) is 9.35. The summed E-state index contributed by atoms with van der Waals surface area (Å²) in [6.07, 6.45) is 3.62. The Labute approximate surface area is 165 Å². The summed E-state index contributed by atoms with van der Waals surface area (Å²) in [4.78, 5) is 2.33. The molecule has 0 amide bonds. The summed E-state index contributed by atoms with van der Waals surface area (Å²) in [5, 5.41) is 12.3. The number of hydrogen-bond donors (Lipinski definition) is 1. The predicted molar refractivity (Wildman–Crippen MR) is 102 cm³/mol. The lowest BCUT2D eigenvalue weighted by Crippen LogP contribution is -2.79. The van der Waals surface area contributed by atoms with Crippen LogP contribution in [0.3, 0.4) is 0 Å². The normalized spacial score (nSPS) is 46.2. The number of aliphatic hydroxyl groups is 1. The molecule has 2 bridgehead atoms. The molecular formula is C22H29NO5. The van der Waals surface area contributed by atoms with E-state index >= 15 is 0 Å². The quantitative estimate of drug-likeness (QED) is 0.795. The van der Waals surface area contributed by atoms with Gasteiger partial charge in [0, 0.05) is 18.0 Å². The number of nitrogens with zero attached hydrogens (tertiary/aromatic N) is 1. The molecule has 0 aromatic heterocycles. The van der Waals surface area contributed by atoms with Crippen LogP contribution in [0, 0.1) is 0 Å². The van der Waals surface area contributed by atoms with Gasteiger partial charge >= 0.3 is 0 Å². The molecule has 2 spiro atoms. The van der Waals surface area contributed by atoms with Crippen LogP contribution in [-0.2, 0) is 21.3 Å². The number of benzene rings is 1. The van der Waals surface area contributed by atoms with Crippen molar-refractivity contribution < 1.29 is 24.1 Å². The van der Waals surface area contributed by atoms with Crippen LogP contribution in [0.4, 0.5) is 0 Å². The molecule has 1 saturated carbocycles. The fraction of sp³-hybridized carbons (Fsp3) is 0.727. The van der Waals surface area contributed by atoms with Gasteiger partial charge in [-0.3, -0.25) is 0 Å². The highest BCUT2D eigenvalue weighted by atomic mass is 16.7. The Hall–Kier alpha value is -1.34. The number of rotatable bonds is 1. The summed E-state index contributed by atoms with van der Waals surface area (Å²) in [7, 11) is 3.81. The monoisotopic (exact) mass is 387 g/mol. The van der Waals surface area contributed by atoms with Gasteiger partial charge in [-0.2, -0.15) is 0 Å². The summed E-state index contributed by atoms with van der Waals surface area (Å²) >= 11 is 0. The van der Waals surface area contributed by atoms with Crippen LogP contribution >= 0.6 is 0 Å². The van der Waals surface area contributed by atoms with Crippen LogP contribution in [0.2, 0.25) is 0 Å². The summed E-state index contributed by atoms with van der Waals surface area (Å²) in [5.41, 5.74) is 1.04. The zero-order chi connectivity index (χ0) is 19.3. The van der Waals surface area contributed by atoms with Crippen molar-refractivity contribution in [1.29, 1.82) is 0 Å². The van der Waals surface area contributed by atoms with Crippen molar-refractivity contribution in [3.63, 3.8) is 0 Å². The average molecular weight is 387 g/mol. The average Bonchev–Trinajstić information content (AvgIpc) is 3.04. The first-order valence-corrected chi connectivity index (χ1v) is 10.6. The third-order valence-electron chi connectivity index (χ3n) is 8.21. The highest BCUT2D eigenvalue weighted by Crippen LogP contribution is 2.67. The number of hydrogen-bond acceptors (Lipinski definition) is 6. The second kappa shape index (κ2) is 5.42. The molecule has 1 aromatic carbocycles. The van der Waals surface area contributed by atoms with Gasteiger partial charge in [-0.15, -0.1) is 0 Å². The predicted octanol–water partition coefficient (Wildman–Crippen LogP) is 2.00. The first kappa shape index (κ1) is 17.5. The van der Waals surface area contributed by atoms with Gasteiger partial charge in [-0.1, -0.05) is 6.07 Å². The smallest absolute Gasteiger partial charge is 0.207 e. The number of likely N-dealkylation sites (N-methyl/N-ethyl adjacent to an activating group) is 1. The van der Waals surface area contributed by atoms with Crippen molar-refractivity contribution in [1.82, 2.24) is 4.90 Å². The van der Waals surface area contributed by atoms with E-state index in [4.69, 9.17) is 18.9 Å². The topological polar surface area (TPSA) is 60.4 Å². The third kappa shape index (κ3) is 1.80. The minimum Gasteiger partial charge on any atom is -0.493 e. The van der Waals surface area contributed by atoms with E-state index in [2.05, 4.69) is 24.9 Å². The van der Waals surface area contributed by atoms with E-state index in [0.29, 0.717) is 19.4 Å². The highest BCUT2D eigenvalue weighted by Gasteiger charge is 2.77. The maximum absolute atomic E-state index is 12.3. The maximum Gasteiger partial charge on any atom is 0.207 e. The number of piperidine rings is 1. The van der Waals surface area contributed by atoms with Crippen LogP contribution in [0.15, 0.2) is 12.1 Å². The van der Waals surface area contributed by atoms with Gasteiger partial charge < -0.3 is 29.0 Å². The number of fused-ring (bicyclic) bond motifs is 1. The van der Waals surface area contributed by atoms with E-state index in [-0.39, 0.29) is 18.2 Å². The lowest BCUT2D eigenvalue weighted by atomic mass is 9.48. The Morgan fingerprint density at radius 2 is 2.11 bits per heavy atom. The number of methoxy groups -OCH3 is 1. The Bertz CT molecular complexity index is 844. The fourth-order valence-corrected chi connectivity index (χ4v) is 6.96. The Morgan fingerprint density at radius 3 is 2.89 bits per heavy atom.